The average molecular weight is 667 g/mol. The second-order valence-electron chi connectivity index (χ2n) is 14.3. The van der Waals surface area contributed by atoms with Gasteiger partial charge in [-0.3, -0.25) is 10.00 Å². The van der Waals surface area contributed by atoms with E-state index in [1.54, 1.807) is 0 Å². The number of piperidine rings is 2. The summed E-state index contributed by atoms with van der Waals surface area (Å²) in [6.07, 6.45) is 3.69. The highest BCUT2D eigenvalue weighted by atomic mass is 19.4. The molecule has 0 spiro atoms. The fourth-order valence-electron chi connectivity index (χ4n) is 8.46. The number of amides is 2. The Labute approximate surface area is 281 Å². The van der Waals surface area contributed by atoms with E-state index in [0.717, 1.165) is 109 Å². The maximum absolute atomic E-state index is 14.0. The number of para-hydroxylation sites is 1. The zero-order valence-electron chi connectivity index (χ0n) is 27.8. The van der Waals surface area contributed by atoms with Crippen LogP contribution < -0.4 is 10.6 Å². The number of halogens is 3. The quantitative estimate of drug-likeness (QED) is 0.297. The van der Waals surface area contributed by atoms with Crippen LogP contribution in [0.2, 0.25) is 0 Å². The minimum absolute atomic E-state index is 0.00784. The maximum atomic E-state index is 14.0. The second kappa shape index (κ2) is 14.7. The molecule has 0 saturated carbocycles. The monoisotopic (exact) mass is 666 g/mol. The molecule has 3 saturated heterocycles. The first-order chi connectivity index (χ1) is 23.3. The Morgan fingerprint density at radius 3 is 2.44 bits per heavy atom. The van der Waals surface area contributed by atoms with Crippen molar-refractivity contribution in [1.29, 1.82) is 0 Å². The van der Waals surface area contributed by atoms with Crippen LogP contribution >= 0.6 is 0 Å². The minimum atomic E-state index is -4.45. The van der Waals surface area contributed by atoms with Crippen molar-refractivity contribution in [2.75, 3.05) is 77.3 Å². The van der Waals surface area contributed by atoms with Gasteiger partial charge in [-0.25, -0.2) is 4.79 Å². The summed E-state index contributed by atoms with van der Waals surface area (Å²) in [6.45, 7) is 10.6. The van der Waals surface area contributed by atoms with Crippen molar-refractivity contribution >= 4 is 22.6 Å². The number of nitrogens with zero attached hydrogens (tertiary/aromatic N) is 5. The molecule has 3 aromatic rings. The van der Waals surface area contributed by atoms with Gasteiger partial charge in [0.2, 0.25) is 0 Å². The third-order valence-electron chi connectivity index (χ3n) is 11.2. The van der Waals surface area contributed by atoms with Gasteiger partial charge in [0.25, 0.3) is 0 Å². The zero-order chi connectivity index (χ0) is 33.1. The lowest BCUT2D eigenvalue weighted by molar-refractivity contribution is -0.136. The van der Waals surface area contributed by atoms with Crippen molar-refractivity contribution in [2.24, 2.45) is 5.92 Å². The molecule has 0 bridgehead atoms. The van der Waals surface area contributed by atoms with E-state index in [9.17, 15) is 18.0 Å². The average Bonchev–Trinajstić information content (AvgIpc) is 3.50. The van der Waals surface area contributed by atoms with Gasteiger partial charge in [0.05, 0.1) is 17.3 Å². The molecule has 1 atom stereocenters. The van der Waals surface area contributed by atoms with Crippen LogP contribution in [-0.4, -0.2) is 120 Å². The number of rotatable bonds is 9. The summed E-state index contributed by atoms with van der Waals surface area (Å²) in [4.78, 5) is 22.8. The van der Waals surface area contributed by atoms with Gasteiger partial charge in [-0.15, -0.1) is 0 Å². The molecular weight excluding hydrogens is 617 g/mol. The number of anilines is 1. The third kappa shape index (κ3) is 7.82. The Hall–Kier alpha value is -3.19. The zero-order valence-corrected chi connectivity index (χ0v) is 27.8. The number of H-pyrrole nitrogens is 1. The molecule has 3 N–H and O–H groups in total. The molecular formula is C36H49F3N8O. The fourth-order valence-corrected chi connectivity index (χ4v) is 8.46. The summed E-state index contributed by atoms with van der Waals surface area (Å²) in [5.74, 6) is 0.230. The molecule has 2 amide bonds. The molecule has 4 aliphatic heterocycles. The highest BCUT2D eigenvalue weighted by Crippen LogP contribution is 2.35. The Kier molecular flexibility index (Phi) is 10.2. The molecule has 9 nitrogen and oxygen atoms in total. The van der Waals surface area contributed by atoms with E-state index in [0.29, 0.717) is 17.8 Å². The molecule has 1 aromatic heterocycles. The summed E-state index contributed by atoms with van der Waals surface area (Å²) >= 11 is 0. The number of urea groups is 1. The first-order valence-electron chi connectivity index (χ1n) is 17.9. The minimum Gasteiger partial charge on any atom is -0.321 e. The SMILES string of the molecule is O=C1Nc2ccccc2CCN1C1CCN(CCC(Cc2cc(C(F)(F)F)c3[nH]ncc3c2)CN2CCN(C3CCNCC3)CC2)CC1. The highest BCUT2D eigenvalue weighted by Gasteiger charge is 2.35. The number of benzene rings is 2. The predicted molar refractivity (Wildman–Crippen MR) is 182 cm³/mol. The molecule has 5 heterocycles. The van der Waals surface area contributed by atoms with Gasteiger partial charge in [-0.05, 0) is 99.8 Å². The molecule has 3 fully saturated rings. The first-order valence-corrected chi connectivity index (χ1v) is 17.9. The standard InChI is InChI=1S/C36H49F3N8O/c37-36(38,39)32-23-27(22-29-24-41-43-34(29)32)21-26(25-45-17-19-46(20-18-45)30-5-11-40-12-6-30)7-13-44-14-9-31(10-15-44)47-16-8-28-3-1-2-4-33(28)42-35(47)48/h1-4,22-24,26,30-31,40H,5-21,25H2,(H,41,43)(H,42,48). The summed E-state index contributed by atoms with van der Waals surface area (Å²) in [7, 11) is 0. The lowest BCUT2D eigenvalue weighted by atomic mass is 9.92. The summed E-state index contributed by atoms with van der Waals surface area (Å²) in [5, 5.41) is 13.6. The van der Waals surface area contributed by atoms with Crippen molar-refractivity contribution in [2.45, 2.75) is 63.2 Å². The van der Waals surface area contributed by atoms with Crippen molar-refractivity contribution < 1.29 is 18.0 Å². The van der Waals surface area contributed by atoms with Crippen LogP contribution in [-0.2, 0) is 19.0 Å². The summed E-state index contributed by atoms with van der Waals surface area (Å²) in [5.41, 5.74) is 2.24. The predicted octanol–water partition coefficient (Wildman–Crippen LogP) is 5.05. The van der Waals surface area contributed by atoms with Crippen LogP contribution in [0.3, 0.4) is 0 Å². The Morgan fingerprint density at radius 1 is 0.896 bits per heavy atom. The summed E-state index contributed by atoms with van der Waals surface area (Å²) < 4.78 is 42.1. The van der Waals surface area contributed by atoms with E-state index >= 15 is 0 Å². The molecule has 260 valence electrons. The van der Waals surface area contributed by atoms with Crippen LogP contribution in [0.15, 0.2) is 42.6 Å². The van der Waals surface area contributed by atoms with E-state index in [1.165, 1.54) is 30.7 Å². The third-order valence-corrected chi connectivity index (χ3v) is 11.2. The Bertz CT molecular complexity index is 1520. The number of nitrogens with one attached hydrogen (secondary N) is 3. The number of fused-ring (bicyclic) bond motifs is 2. The van der Waals surface area contributed by atoms with Crippen LogP contribution in [0, 0.1) is 5.92 Å². The first kappa shape index (κ1) is 33.3. The summed E-state index contributed by atoms with van der Waals surface area (Å²) in [6, 6.07) is 12.1. The number of carbonyl (C=O) groups is 1. The number of aromatic nitrogens is 2. The Morgan fingerprint density at radius 2 is 1.67 bits per heavy atom. The molecule has 7 rings (SSSR count). The van der Waals surface area contributed by atoms with Crippen molar-refractivity contribution in [3.63, 3.8) is 0 Å². The lowest BCUT2D eigenvalue weighted by Gasteiger charge is -2.42. The number of aromatic amines is 1. The number of likely N-dealkylation sites (tertiary alicyclic amines) is 1. The number of piperazine rings is 1. The van der Waals surface area contributed by atoms with Crippen molar-refractivity contribution in [3.8, 4) is 0 Å². The van der Waals surface area contributed by atoms with E-state index in [2.05, 4.69) is 41.6 Å². The molecule has 48 heavy (non-hydrogen) atoms. The number of carbonyl (C=O) groups excluding carboxylic acids is 1. The molecule has 12 heteroatoms. The van der Waals surface area contributed by atoms with Gasteiger partial charge in [-0.2, -0.15) is 18.3 Å². The number of hydrogen-bond donors (Lipinski definition) is 3. The van der Waals surface area contributed by atoms with E-state index in [-0.39, 0.29) is 23.5 Å². The largest absolute Gasteiger partial charge is 0.418 e. The normalized spacial score (nSPS) is 22.1. The van der Waals surface area contributed by atoms with Crippen LogP contribution in [0.1, 0.15) is 48.8 Å². The van der Waals surface area contributed by atoms with Gasteiger partial charge in [-0.1, -0.05) is 18.2 Å². The van der Waals surface area contributed by atoms with E-state index < -0.39 is 11.7 Å². The molecule has 0 radical (unpaired) electrons. The van der Waals surface area contributed by atoms with Gasteiger partial charge in [0.15, 0.2) is 0 Å². The van der Waals surface area contributed by atoms with E-state index in [4.69, 9.17) is 0 Å². The molecule has 2 aromatic carbocycles. The second-order valence-corrected chi connectivity index (χ2v) is 14.3. The van der Waals surface area contributed by atoms with Crippen LogP contribution in [0.4, 0.5) is 23.7 Å². The van der Waals surface area contributed by atoms with Gasteiger partial charge < -0.3 is 25.3 Å². The number of alkyl halides is 3. The fraction of sp³-hybridized carbons (Fsp3) is 0.611. The van der Waals surface area contributed by atoms with Gasteiger partial charge >= 0.3 is 12.2 Å². The molecule has 4 aliphatic rings. The smallest absolute Gasteiger partial charge is 0.321 e. The van der Waals surface area contributed by atoms with Gasteiger partial charge in [0.1, 0.15) is 0 Å². The van der Waals surface area contributed by atoms with Crippen molar-refractivity contribution in [1.82, 2.24) is 35.1 Å². The van der Waals surface area contributed by atoms with Crippen molar-refractivity contribution in [3.05, 3.63) is 59.3 Å². The molecule has 1 unspecified atom stereocenters. The number of hydrogen-bond acceptors (Lipinski definition) is 6. The Balaban J connectivity index is 0.981. The van der Waals surface area contributed by atoms with E-state index in [1.807, 2.05) is 29.2 Å². The molecule has 0 aliphatic carbocycles. The van der Waals surface area contributed by atoms with Gasteiger partial charge in [0, 0.05) is 75.5 Å². The van der Waals surface area contributed by atoms with Crippen LogP contribution in [0.25, 0.3) is 10.9 Å². The highest BCUT2D eigenvalue weighted by molar-refractivity contribution is 5.91. The van der Waals surface area contributed by atoms with Crippen LogP contribution in [0.5, 0.6) is 0 Å². The lowest BCUT2D eigenvalue weighted by Crippen LogP contribution is -2.53. The topological polar surface area (TPSA) is 82.8 Å². The maximum Gasteiger partial charge on any atom is 0.418 e.